The van der Waals surface area contributed by atoms with E-state index < -0.39 is 5.41 Å². The molecule has 1 saturated carbocycles. The third kappa shape index (κ3) is 3.91. The minimum absolute atomic E-state index is 0.0251. The molecule has 4 rings (SSSR count). The number of amides is 2. The Morgan fingerprint density at radius 3 is 2.45 bits per heavy atom. The molecule has 1 aliphatic carbocycles. The van der Waals surface area contributed by atoms with Crippen LogP contribution in [0.1, 0.15) is 56.1 Å². The van der Waals surface area contributed by atoms with Crippen LogP contribution in [-0.2, 0) is 15.0 Å². The maximum Gasteiger partial charge on any atom is 0.235 e. The lowest BCUT2D eigenvalue weighted by atomic mass is 9.78. The lowest BCUT2D eigenvalue weighted by molar-refractivity contribution is -0.121. The molecule has 0 bridgehead atoms. The molecule has 2 aliphatic rings. The molecule has 0 spiro atoms. The second-order valence-corrected chi connectivity index (χ2v) is 8.69. The number of hydrogen-bond donors (Lipinski definition) is 1. The van der Waals surface area contributed by atoms with Crippen molar-refractivity contribution in [1.82, 2.24) is 0 Å². The fourth-order valence-electron chi connectivity index (χ4n) is 4.68. The predicted octanol–water partition coefficient (Wildman–Crippen LogP) is 5.62. The summed E-state index contributed by atoms with van der Waals surface area (Å²) in [7, 11) is 0. The van der Waals surface area contributed by atoms with Gasteiger partial charge in [-0.2, -0.15) is 0 Å². The summed E-state index contributed by atoms with van der Waals surface area (Å²) in [5, 5.41) is 3.83. The Hall–Kier alpha value is -2.33. The van der Waals surface area contributed by atoms with Gasteiger partial charge in [0.1, 0.15) is 0 Å². The van der Waals surface area contributed by atoms with Gasteiger partial charge in [-0.1, -0.05) is 42.6 Å². The number of hydrogen-bond acceptors (Lipinski definition) is 2. The van der Waals surface area contributed by atoms with Gasteiger partial charge in [-0.15, -0.1) is 0 Å². The van der Waals surface area contributed by atoms with E-state index >= 15 is 0 Å². The van der Waals surface area contributed by atoms with Crippen LogP contribution in [0, 0.1) is 6.92 Å². The Balaban J connectivity index is 1.61. The fourth-order valence-corrected chi connectivity index (χ4v) is 4.81. The summed E-state index contributed by atoms with van der Waals surface area (Å²) in [6.45, 7) is 2.75. The first-order chi connectivity index (χ1) is 14.0. The number of nitrogens with one attached hydrogen (secondary N) is 1. The Bertz CT molecular complexity index is 917. The van der Waals surface area contributed by atoms with E-state index in [2.05, 4.69) is 5.32 Å². The lowest BCUT2D eigenvalue weighted by Gasteiger charge is -2.30. The van der Waals surface area contributed by atoms with Gasteiger partial charge < -0.3 is 10.2 Å². The van der Waals surface area contributed by atoms with Crippen molar-refractivity contribution < 1.29 is 9.59 Å². The van der Waals surface area contributed by atoms with E-state index in [9.17, 15) is 9.59 Å². The van der Waals surface area contributed by atoms with Gasteiger partial charge in [0, 0.05) is 29.4 Å². The van der Waals surface area contributed by atoms with Crippen LogP contribution in [0.2, 0.25) is 5.02 Å². The van der Waals surface area contributed by atoms with E-state index in [1.807, 2.05) is 54.3 Å². The molecule has 0 radical (unpaired) electrons. The Kier molecular flexibility index (Phi) is 5.64. The summed E-state index contributed by atoms with van der Waals surface area (Å²) < 4.78 is 0. The van der Waals surface area contributed by atoms with Gasteiger partial charge in [-0.3, -0.25) is 9.59 Å². The summed E-state index contributed by atoms with van der Waals surface area (Å²) in [6, 6.07) is 13.5. The summed E-state index contributed by atoms with van der Waals surface area (Å²) in [6.07, 6.45) is 6.31. The molecule has 0 atom stereocenters. The smallest absolute Gasteiger partial charge is 0.235 e. The zero-order chi connectivity index (χ0) is 20.4. The fraction of sp³-hybridized carbons (Fsp3) is 0.417. The van der Waals surface area contributed by atoms with Crippen LogP contribution in [0.3, 0.4) is 0 Å². The highest BCUT2D eigenvalue weighted by molar-refractivity contribution is 6.30. The van der Waals surface area contributed by atoms with E-state index in [4.69, 9.17) is 11.6 Å². The van der Waals surface area contributed by atoms with Crippen molar-refractivity contribution in [3.8, 4) is 0 Å². The quantitative estimate of drug-likeness (QED) is 0.711. The number of aryl methyl sites for hydroxylation is 1. The number of rotatable bonds is 4. The Morgan fingerprint density at radius 2 is 1.76 bits per heavy atom. The number of nitrogens with zero attached hydrogens (tertiary/aromatic N) is 1. The monoisotopic (exact) mass is 410 g/mol. The maximum atomic E-state index is 13.4. The van der Waals surface area contributed by atoms with Gasteiger partial charge in [-0.05, 0) is 68.0 Å². The summed E-state index contributed by atoms with van der Waals surface area (Å²) >= 11 is 6.06. The van der Waals surface area contributed by atoms with E-state index in [1.165, 1.54) is 0 Å². The van der Waals surface area contributed by atoms with Gasteiger partial charge in [0.15, 0.2) is 0 Å². The van der Waals surface area contributed by atoms with Gasteiger partial charge in [0.25, 0.3) is 0 Å². The van der Waals surface area contributed by atoms with Gasteiger partial charge in [0.2, 0.25) is 11.8 Å². The molecule has 152 valence electrons. The highest BCUT2D eigenvalue weighted by atomic mass is 35.5. The molecular weight excluding hydrogens is 384 g/mol. The molecule has 1 N–H and O–H groups in total. The van der Waals surface area contributed by atoms with Crippen LogP contribution in [-0.4, -0.2) is 18.4 Å². The lowest BCUT2D eigenvalue weighted by Crippen LogP contribution is -2.38. The first kappa shape index (κ1) is 20.0. The minimum atomic E-state index is -0.517. The zero-order valence-electron chi connectivity index (χ0n) is 16.8. The molecule has 2 aromatic rings. The van der Waals surface area contributed by atoms with Crippen LogP contribution in [0.5, 0.6) is 0 Å². The second kappa shape index (κ2) is 8.19. The van der Waals surface area contributed by atoms with Crippen molar-refractivity contribution in [1.29, 1.82) is 0 Å². The van der Waals surface area contributed by atoms with Crippen molar-refractivity contribution >= 4 is 34.8 Å². The van der Waals surface area contributed by atoms with Crippen molar-refractivity contribution in [3.05, 3.63) is 58.6 Å². The number of carbonyl (C=O) groups excluding carboxylic acids is 2. The van der Waals surface area contributed by atoms with Crippen LogP contribution in [0.25, 0.3) is 0 Å². The SMILES string of the molecule is Cc1ccc(NC(=O)C2(c3ccc(Cl)cc3)CCCC2)cc1N1CCCCC1=O. The molecule has 4 nitrogen and oxygen atoms in total. The van der Waals surface area contributed by atoms with Crippen LogP contribution in [0.4, 0.5) is 11.4 Å². The number of benzene rings is 2. The second-order valence-electron chi connectivity index (χ2n) is 8.25. The predicted molar refractivity (Wildman–Crippen MR) is 118 cm³/mol. The summed E-state index contributed by atoms with van der Waals surface area (Å²) in [5.74, 6) is 0.188. The number of carbonyl (C=O) groups is 2. The molecule has 29 heavy (non-hydrogen) atoms. The average molecular weight is 411 g/mol. The van der Waals surface area contributed by atoms with Gasteiger partial charge in [0.05, 0.1) is 5.41 Å². The van der Waals surface area contributed by atoms with Crippen molar-refractivity contribution in [3.63, 3.8) is 0 Å². The summed E-state index contributed by atoms with van der Waals surface area (Å²) in [4.78, 5) is 27.7. The van der Waals surface area contributed by atoms with Crippen LogP contribution >= 0.6 is 11.6 Å². The molecule has 2 amide bonds. The molecular formula is C24H27ClN2O2. The van der Waals surface area contributed by atoms with E-state index in [1.54, 1.807) is 0 Å². The standard InChI is InChI=1S/C24H27ClN2O2/c1-17-7-12-20(16-21(17)27-15-5-2-6-22(27)28)26-23(29)24(13-3-4-14-24)18-8-10-19(25)11-9-18/h7-12,16H,2-6,13-15H2,1H3,(H,26,29). The molecule has 0 unspecified atom stereocenters. The molecule has 1 saturated heterocycles. The molecule has 5 heteroatoms. The number of piperidine rings is 1. The molecule has 0 aromatic heterocycles. The van der Waals surface area contributed by atoms with E-state index in [0.717, 1.165) is 67.6 Å². The van der Waals surface area contributed by atoms with E-state index in [-0.39, 0.29) is 11.8 Å². The van der Waals surface area contributed by atoms with Gasteiger partial charge in [-0.25, -0.2) is 0 Å². The zero-order valence-corrected chi connectivity index (χ0v) is 17.6. The normalized spacial score (nSPS) is 18.7. The van der Waals surface area contributed by atoms with Crippen LogP contribution in [0.15, 0.2) is 42.5 Å². The summed E-state index contributed by atoms with van der Waals surface area (Å²) in [5.41, 5.74) is 3.20. The first-order valence-electron chi connectivity index (χ1n) is 10.5. The topological polar surface area (TPSA) is 49.4 Å². The average Bonchev–Trinajstić information content (AvgIpc) is 3.22. The molecule has 2 fully saturated rings. The van der Waals surface area contributed by atoms with Crippen molar-refractivity contribution in [2.24, 2.45) is 0 Å². The Labute approximate surface area is 177 Å². The number of anilines is 2. The minimum Gasteiger partial charge on any atom is -0.325 e. The van der Waals surface area contributed by atoms with Crippen molar-refractivity contribution in [2.45, 2.75) is 57.3 Å². The highest BCUT2D eigenvalue weighted by Gasteiger charge is 2.42. The van der Waals surface area contributed by atoms with E-state index in [0.29, 0.717) is 11.4 Å². The van der Waals surface area contributed by atoms with Crippen molar-refractivity contribution in [2.75, 3.05) is 16.8 Å². The molecule has 1 aliphatic heterocycles. The van der Waals surface area contributed by atoms with Gasteiger partial charge >= 0.3 is 0 Å². The largest absolute Gasteiger partial charge is 0.325 e. The Morgan fingerprint density at radius 1 is 1.03 bits per heavy atom. The first-order valence-corrected chi connectivity index (χ1v) is 10.9. The van der Waals surface area contributed by atoms with Crippen LogP contribution < -0.4 is 10.2 Å². The third-order valence-corrected chi connectivity index (χ3v) is 6.62. The molecule has 2 aromatic carbocycles. The highest BCUT2D eigenvalue weighted by Crippen LogP contribution is 2.42. The maximum absolute atomic E-state index is 13.4. The molecule has 1 heterocycles. The number of halogens is 1. The third-order valence-electron chi connectivity index (χ3n) is 6.37.